The molecule has 2 nitrogen and oxygen atoms in total. The Kier molecular flexibility index (Phi) is 2.62. The first-order valence-corrected chi connectivity index (χ1v) is 5.28. The highest BCUT2D eigenvalue weighted by molar-refractivity contribution is 5.56. The maximum absolute atomic E-state index is 4.30. The highest BCUT2D eigenvalue weighted by Gasteiger charge is 2.16. The van der Waals surface area contributed by atoms with E-state index >= 15 is 0 Å². The van der Waals surface area contributed by atoms with Crippen LogP contribution in [0.1, 0.15) is 26.5 Å². The van der Waals surface area contributed by atoms with E-state index in [-0.39, 0.29) is 5.41 Å². The minimum absolute atomic E-state index is 0.0379. The Labute approximate surface area is 96.4 Å². The summed E-state index contributed by atoms with van der Waals surface area (Å²) in [5.74, 6) is 0. The summed E-state index contributed by atoms with van der Waals surface area (Å²) in [5, 5.41) is 0. The average Bonchev–Trinajstić information content (AvgIpc) is 2.29. The molecule has 2 heteroatoms. The quantitative estimate of drug-likeness (QED) is 0.723. The maximum atomic E-state index is 4.30. The van der Waals surface area contributed by atoms with E-state index in [1.807, 2.05) is 24.3 Å². The molecule has 0 saturated carbocycles. The number of aromatic nitrogens is 2. The lowest BCUT2D eigenvalue weighted by atomic mass is 9.91. The molecule has 0 bridgehead atoms. The van der Waals surface area contributed by atoms with Crippen LogP contribution in [0.15, 0.2) is 30.6 Å². The minimum Gasteiger partial charge on any atom is -0.241 e. The van der Waals surface area contributed by atoms with Gasteiger partial charge in [-0.1, -0.05) is 39.0 Å². The van der Waals surface area contributed by atoms with Crippen LogP contribution in [-0.2, 0) is 5.41 Å². The molecule has 0 atom stereocenters. The molecule has 16 heavy (non-hydrogen) atoms. The van der Waals surface area contributed by atoms with E-state index < -0.39 is 0 Å². The molecule has 0 aliphatic carbocycles. The predicted molar refractivity (Wildman–Crippen MR) is 63.8 cm³/mol. The van der Waals surface area contributed by atoms with Gasteiger partial charge >= 0.3 is 0 Å². The summed E-state index contributed by atoms with van der Waals surface area (Å²) in [6.45, 7) is 6.42. The van der Waals surface area contributed by atoms with Gasteiger partial charge in [0.05, 0.1) is 11.3 Å². The second kappa shape index (κ2) is 3.94. The first kappa shape index (κ1) is 10.6. The molecule has 1 heterocycles. The summed E-state index contributed by atoms with van der Waals surface area (Å²) >= 11 is 0. The van der Waals surface area contributed by atoms with Crippen LogP contribution in [0.2, 0.25) is 0 Å². The zero-order valence-electron chi connectivity index (χ0n) is 9.78. The zero-order valence-corrected chi connectivity index (χ0v) is 9.78. The lowest BCUT2D eigenvalue weighted by Crippen LogP contribution is -2.13. The maximum Gasteiger partial charge on any atom is 0.116 e. The Bertz CT molecular complexity index is 470. The van der Waals surface area contributed by atoms with Crippen molar-refractivity contribution in [2.75, 3.05) is 0 Å². The van der Waals surface area contributed by atoms with Crippen LogP contribution in [0.4, 0.5) is 0 Å². The Morgan fingerprint density at radius 3 is 2.62 bits per heavy atom. The smallest absolute Gasteiger partial charge is 0.116 e. The van der Waals surface area contributed by atoms with E-state index in [1.54, 1.807) is 6.33 Å². The Hall–Kier alpha value is -1.88. The standard InChI is InChI=1S/C14H14N2/c1-14(2,3)13-9-12(15-10-16-13)11-7-5-4-6-8-11/h4-5,7,9-10H,1-3H3. The molecule has 0 unspecified atom stereocenters. The molecule has 2 rings (SSSR count). The van der Waals surface area contributed by atoms with Gasteiger partial charge in [-0.3, -0.25) is 0 Å². The molecule has 0 aliphatic rings. The van der Waals surface area contributed by atoms with Gasteiger partial charge < -0.3 is 0 Å². The van der Waals surface area contributed by atoms with Crippen LogP contribution in [0, 0.1) is 12.1 Å². The predicted octanol–water partition coefficient (Wildman–Crippen LogP) is 3.04. The van der Waals surface area contributed by atoms with Gasteiger partial charge in [0.25, 0.3) is 0 Å². The molecule has 2 aromatic rings. The molecule has 0 aliphatic heterocycles. The Balaban J connectivity index is 2.45. The normalized spacial score (nSPS) is 10.9. The zero-order chi connectivity index (χ0) is 11.6. The third-order valence-corrected chi connectivity index (χ3v) is 2.36. The summed E-state index contributed by atoms with van der Waals surface area (Å²) in [6, 6.07) is 13.7. The number of nitrogens with zero attached hydrogens (tertiary/aromatic N) is 2. The van der Waals surface area contributed by atoms with Crippen molar-refractivity contribution in [2.24, 2.45) is 0 Å². The van der Waals surface area contributed by atoms with E-state index in [1.165, 1.54) is 0 Å². The first-order valence-electron chi connectivity index (χ1n) is 5.28. The number of rotatable bonds is 1. The highest BCUT2D eigenvalue weighted by atomic mass is 14.8. The number of hydrogen-bond donors (Lipinski definition) is 0. The van der Waals surface area contributed by atoms with Gasteiger partial charge in [0, 0.05) is 11.1 Å². The third-order valence-electron chi connectivity index (χ3n) is 2.36. The fourth-order valence-corrected chi connectivity index (χ4v) is 1.42. The van der Waals surface area contributed by atoms with Gasteiger partial charge in [-0.25, -0.2) is 9.97 Å². The van der Waals surface area contributed by atoms with Gasteiger partial charge in [0.1, 0.15) is 6.33 Å². The highest BCUT2D eigenvalue weighted by Crippen LogP contribution is 2.22. The van der Waals surface area contributed by atoms with E-state index in [9.17, 15) is 0 Å². The average molecular weight is 210 g/mol. The Morgan fingerprint density at radius 2 is 2.00 bits per heavy atom. The van der Waals surface area contributed by atoms with E-state index in [2.05, 4.69) is 42.9 Å². The SMILES string of the molecule is CC(C)(C)c1cc(-c2c#cccc2)ncn1. The molecule has 0 amide bonds. The van der Waals surface area contributed by atoms with E-state index in [0.29, 0.717) is 0 Å². The van der Waals surface area contributed by atoms with Gasteiger partial charge in [-0.15, -0.1) is 0 Å². The molecule has 0 saturated heterocycles. The third kappa shape index (κ3) is 2.20. The summed E-state index contributed by atoms with van der Waals surface area (Å²) in [5.41, 5.74) is 2.93. The minimum atomic E-state index is 0.0379. The molecule has 1 aromatic carbocycles. The fraction of sp³-hybridized carbons (Fsp3) is 0.286. The van der Waals surface area contributed by atoms with Crippen molar-refractivity contribution in [1.29, 1.82) is 0 Å². The summed E-state index contributed by atoms with van der Waals surface area (Å²) < 4.78 is 0. The van der Waals surface area contributed by atoms with E-state index in [4.69, 9.17) is 0 Å². The lowest BCUT2D eigenvalue weighted by Gasteiger charge is -2.17. The van der Waals surface area contributed by atoms with Gasteiger partial charge in [0.2, 0.25) is 0 Å². The van der Waals surface area contributed by atoms with Crippen molar-refractivity contribution in [3.05, 3.63) is 48.4 Å². The summed E-state index contributed by atoms with van der Waals surface area (Å²) in [4.78, 5) is 8.56. The topological polar surface area (TPSA) is 25.8 Å². The van der Waals surface area contributed by atoms with Crippen LogP contribution in [-0.4, -0.2) is 9.97 Å². The van der Waals surface area contributed by atoms with Crippen molar-refractivity contribution in [2.45, 2.75) is 26.2 Å². The first-order chi connectivity index (χ1) is 7.57. The second-order valence-corrected chi connectivity index (χ2v) is 4.75. The van der Waals surface area contributed by atoms with Crippen LogP contribution in [0.3, 0.4) is 0 Å². The molecular formula is C14H14N2. The monoisotopic (exact) mass is 210 g/mol. The molecule has 0 N–H and O–H groups in total. The largest absolute Gasteiger partial charge is 0.241 e. The van der Waals surface area contributed by atoms with Gasteiger partial charge in [-0.05, 0) is 18.2 Å². The molecule has 0 spiro atoms. The summed E-state index contributed by atoms with van der Waals surface area (Å²) in [6.07, 6.45) is 1.61. The van der Waals surface area contributed by atoms with Crippen molar-refractivity contribution in [1.82, 2.24) is 9.97 Å². The van der Waals surface area contributed by atoms with Crippen molar-refractivity contribution < 1.29 is 0 Å². The van der Waals surface area contributed by atoms with Crippen LogP contribution in [0.25, 0.3) is 11.3 Å². The summed E-state index contributed by atoms with van der Waals surface area (Å²) in [7, 11) is 0. The Morgan fingerprint density at radius 1 is 1.19 bits per heavy atom. The van der Waals surface area contributed by atoms with Crippen molar-refractivity contribution in [3.63, 3.8) is 0 Å². The lowest BCUT2D eigenvalue weighted by molar-refractivity contribution is 0.567. The van der Waals surface area contributed by atoms with Crippen LogP contribution in [0.5, 0.6) is 0 Å². The molecule has 80 valence electrons. The molecule has 0 radical (unpaired) electrons. The molecule has 1 aromatic heterocycles. The van der Waals surface area contributed by atoms with E-state index in [0.717, 1.165) is 17.0 Å². The second-order valence-electron chi connectivity index (χ2n) is 4.75. The van der Waals surface area contributed by atoms with Crippen LogP contribution < -0.4 is 0 Å². The van der Waals surface area contributed by atoms with Crippen molar-refractivity contribution >= 4 is 0 Å². The fourth-order valence-electron chi connectivity index (χ4n) is 1.42. The molecule has 0 fully saturated rings. The van der Waals surface area contributed by atoms with Gasteiger partial charge in [-0.2, -0.15) is 0 Å². The molecular weight excluding hydrogens is 196 g/mol. The van der Waals surface area contributed by atoms with Gasteiger partial charge in [0.15, 0.2) is 0 Å². The van der Waals surface area contributed by atoms with Crippen molar-refractivity contribution in [3.8, 4) is 11.3 Å². The van der Waals surface area contributed by atoms with Crippen LogP contribution >= 0.6 is 0 Å². The number of hydrogen-bond acceptors (Lipinski definition) is 2.